The van der Waals surface area contributed by atoms with Crippen LogP contribution in [0, 0.1) is 0 Å². The lowest BCUT2D eigenvalue weighted by Crippen LogP contribution is -2.42. The zero-order chi connectivity index (χ0) is 11.9. The Hall–Kier alpha value is -2.03. The Kier molecular flexibility index (Phi) is 2.06. The van der Waals surface area contributed by atoms with Gasteiger partial charge in [-0.3, -0.25) is 0 Å². The molecule has 4 rings (SSSR count). The lowest BCUT2D eigenvalue weighted by atomic mass is 9.91. The molecule has 2 aliphatic heterocycles. The lowest BCUT2D eigenvalue weighted by Gasteiger charge is -2.42. The van der Waals surface area contributed by atoms with Crippen LogP contribution in [0.2, 0.25) is 0 Å². The Bertz CT molecular complexity index is 540. The highest BCUT2D eigenvalue weighted by Crippen LogP contribution is 2.39. The topological polar surface area (TPSA) is 28.2 Å². The second-order valence-electron chi connectivity index (χ2n) is 4.91. The second kappa shape index (κ2) is 3.73. The Morgan fingerprint density at radius 3 is 3.11 bits per heavy atom. The average molecular weight is 237 g/mol. The summed E-state index contributed by atoms with van der Waals surface area (Å²) in [7, 11) is 0. The number of anilines is 2. The molecule has 1 N–H and O–H groups in total. The van der Waals surface area contributed by atoms with E-state index in [0.29, 0.717) is 6.04 Å². The molecule has 90 valence electrons. The molecule has 1 unspecified atom stereocenters. The molecular weight excluding hydrogens is 222 g/mol. The molecule has 1 aromatic carbocycles. The van der Waals surface area contributed by atoms with Crippen molar-refractivity contribution in [2.24, 2.45) is 0 Å². The first kappa shape index (κ1) is 9.95. The average Bonchev–Trinajstić information content (AvgIpc) is 2.46. The van der Waals surface area contributed by atoms with E-state index >= 15 is 0 Å². The van der Waals surface area contributed by atoms with Crippen molar-refractivity contribution >= 4 is 11.5 Å². The summed E-state index contributed by atoms with van der Waals surface area (Å²) >= 11 is 0. The minimum Gasteiger partial charge on any atom is -0.380 e. The summed E-state index contributed by atoms with van der Waals surface area (Å²) in [5.41, 5.74) is 4.10. The summed E-state index contributed by atoms with van der Waals surface area (Å²) in [4.78, 5) is 6.98. The van der Waals surface area contributed by atoms with E-state index in [9.17, 15) is 0 Å². The molecule has 1 aromatic heterocycles. The fourth-order valence-electron chi connectivity index (χ4n) is 3.10. The minimum absolute atomic E-state index is 0.428. The number of rotatable bonds is 0. The summed E-state index contributed by atoms with van der Waals surface area (Å²) in [5, 5.41) is 3.50. The van der Waals surface area contributed by atoms with Crippen LogP contribution in [0.15, 0.2) is 42.6 Å². The maximum Gasteiger partial charge on any atom is 0.152 e. The van der Waals surface area contributed by atoms with E-state index in [4.69, 9.17) is 0 Å². The van der Waals surface area contributed by atoms with Crippen LogP contribution in [-0.4, -0.2) is 18.1 Å². The highest BCUT2D eigenvalue weighted by atomic mass is 15.3. The molecule has 18 heavy (non-hydrogen) atoms. The molecule has 0 spiro atoms. The normalized spacial score (nSPS) is 20.4. The van der Waals surface area contributed by atoms with Gasteiger partial charge >= 0.3 is 0 Å². The maximum atomic E-state index is 4.54. The van der Waals surface area contributed by atoms with Crippen molar-refractivity contribution in [2.75, 3.05) is 23.3 Å². The van der Waals surface area contributed by atoms with Gasteiger partial charge in [0.1, 0.15) is 0 Å². The number of pyridine rings is 1. The highest BCUT2D eigenvalue weighted by Gasteiger charge is 2.32. The molecule has 0 amide bonds. The maximum absolute atomic E-state index is 4.54. The fraction of sp³-hybridized carbons (Fsp3) is 0.267. The molecule has 0 fully saturated rings. The molecule has 3 nitrogen and oxygen atoms in total. The molecule has 0 radical (unpaired) electrons. The first-order valence-corrected chi connectivity index (χ1v) is 6.47. The number of benzene rings is 1. The molecule has 1 atom stereocenters. The van der Waals surface area contributed by atoms with Gasteiger partial charge in [-0.25, -0.2) is 4.98 Å². The van der Waals surface area contributed by atoms with Gasteiger partial charge in [-0.05, 0) is 29.7 Å². The molecule has 2 aromatic rings. The van der Waals surface area contributed by atoms with Crippen LogP contribution in [0.3, 0.4) is 0 Å². The van der Waals surface area contributed by atoms with Gasteiger partial charge in [0.2, 0.25) is 0 Å². The first-order chi connectivity index (χ1) is 8.93. The molecule has 2 aliphatic rings. The van der Waals surface area contributed by atoms with Gasteiger partial charge < -0.3 is 10.2 Å². The fourth-order valence-corrected chi connectivity index (χ4v) is 3.10. The van der Waals surface area contributed by atoms with Crippen LogP contribution in [0.1, 0.15) is 17.2 Å². The van der Waals surface area contributed by atoms with E-state index in [2.05, 4.69) is 45.5 Å². The van der Waals surface area contributed by atoms with Crippen LogP contribution in [0.4, 0.5) is 11.5 Å². The summed E-state index contributed by atoms with van der Waals surface area (Å²) in [6.45, 7) is 2.03. The Balaban J connectivity index is 1.83. The second-order valence-corrected chi connectivity index (χ2v) is 4.91. The summed E-state index contributed by atoms with van der Waals surface area (Å²) < 4.78 is 0. The van der Waals surface area contributed by atoms with Crippen LogP contribution in [-0.2, 0) is 6.42 Å². The van der Waals surface area contributed by atoms with E-state index in [1.54, 1.807) is 0 Å². The Morgan fingerprint density at radius 1 is 1.17 bits per heavy atom. The van der Waals surface area contributed by atoms with Gasteiger partial charge in [0.05, 0.1) is 11.7 Å². The number of hydrogen-bond acceptors (Lipinski definition) is 3. The third-order valence-corrected chi connectivity index (χ3v) is 3.96. The van der Waals surface area contributed by atoms with Gasteiger partial charge in [0, 0.05) is 19.3 Å². The van der Waals surface area contributed by atoms with Crippen molar-refractivity contribution in [3.05, 3.63) is 53.7 Å². The van der Waals surface area contributed by atoms with E-state index in [-0.39, 0.29) is 0 Å². The van der Waals surface area contributed by atoms with Gasteiger partial charge in [0.25, 0.3) is 0 Å². The van der Waals surface area contributed by atoms with Crippen molar-refractivity contribution in [3.8, 4) is 0 Å². The third kappa shape index (κ3) is 1.33. The van der Waals surface area contributed by atoms with Gasteiger partial charge in [-0.15, -0.1) is 0 Å². The van der Waals surface area contributed by atoms with Crippen molar-refractivity contribution in [3.63, 3.8) is 0 Å². The zero-order valence-corrected chi connectivity index (χ0v) is 10.1. The Labute approximate surface area is 106 Å². The van der Waals surface area contributed by atoms with Gasteiger partial charge in [0.15, 0.2) is 5.82 Å². The standard InChI is InChI=1S/C15H15N3/c1-2-5-12-11(4-1)7-9-18-14(12)10-17-13-6-3-8-16-15(13)18/h1-6,8,14,17H,7,9-10H2. The van der Waals surface area contributed by atoms with Crippen molar-refractivity contribution in [1.82, 2.24) is 4.98 Å². The molecule has 0 saturated carbocycles. The molecular formula is C15H15N3. The van der Waals surface area contributed by atoms with Crippen LogP contribution < -0.4 is 10.2 Å². The monoisotopic (exact) mass is 237 g/mol. The predicted molar refractivity (Wildman–Crippen MR) is 73.0 cm³/mol. The third-order valence-electron chi connectivity index (χ3n) is 3.96. The van der Waals surface area contributed by atoms with E-state index < -0.39 is 0 Å². The summed E-state index contributed by atoms with van der Waals surface area (Å²) in [5.74, 6) is 1.10. The lowest BCUT2D eigenvalue weighted by molar-refractivity contribution is 0.584. The van der Waals surface area contributed by atoms with Gasteiger partial charge in [-0.1, -0.05) is 24.3 Å². The Morgan fingerprint density at radius 2 is 2.11 bits per heavy atom. The predicted octanol–water partition coefficient (Wildman–Crippen LogP) is 2.61. The number of nitrogens with zero attached hydrogens (tertiary/aromatic N) is 2. The smallest absolute Gasteiger partial charge is 0.152 e. The number of aromatic nitrogens is 1. The number of fused-ring (bicyclic) bond motifs is 5. The van der Waals surface area contributed by atoms with Crippen molar-refractivity contribution in [1.29, 1.82) is 0 Å². The van der Waals surface area contributed by atoms with Crippen LogP contribution in [0.5, 0.6) is 0 Å². The van der Waals surface area contributed by atoms with Crippen molar-refractivity contribution in [2.45, 2.75) is 12.5 Å². The molecule has 0 aliphatic carbocycles. The van der Waals surface area contributed by atoms with E-state index in [1.165, 1.54) is 11.1 Å². The van der Waals surface area contributed by atoms with Crippen LogP contribution in [0.25, 0.3) is 0 Å². The largest absolute Gasteiger partial charge is 0.380 e. The van der Waals surface area contributed by atoms with E-state index in [0.717, 1.165) is 31.0 Å². The van der Waals surface area contributed by atoms with E-state index in [1.807, 2.05) is 12.3 Å². The molecule has 0 saturated heterocycles. The van der Waals surface area contributed by atoms with Crippen molar-refractivity contribution < 1.29 is 0 Å². The van der Waals surface area contributed by atoms with Gasteiger partial charge in [-0.2, -0.15) is 0 Å². The first-order valence-electron chi connectivity index (χ1n) is 6.47. The number of hydrogen-bond donors (Lipinski definition) is 1. The number of nitrogens with one attached hydrogen (secondary N) is 1. The molecule has 3 heteroatoms. The summed E-state index contributed by atoms with van der Waals surface area (Å²) in [6, 6.07) is 13.3. The zero-order valence-electron chi connectivity index (χ0n) is 10.1. The quantitative estimate of drug-likeness (QED) is 0.763. The van der Waals surface area contributed by atoms with Crippen LogP contribution >= 0.6 is 0 Å². The minimum atomic E-state index is 0.428. The SMILES string of the molecule is c1ccc2c(c1)CCN1c3ncccc3NCC21. The highest BCUT2D eigenvalue weighted by molar-refractivity contribution is 5.69. The summed E-state index contributed by atoms with van der Waals surface area (Å²) in [6.07, 6.45) is 2.99. The molecule has 3 heterocycles. The molecule has 0 bridgehead atoms.